The molecule has 0 fully saturated rings. The summed E-state index contributed by atoms with van der Waals surface area (Å²) in [6.45, 7) is 0.364. The molecule has 0 bridgehead atoms. The molecule has 0 saturated carbocycles. The first-order chi connectivity index (χ1) is 14.9. The van der Waals surface area contributed by atoms with Gasteiger partial charge in [0.1, 0.15) is 22.1 Å². The lowest BCUT2D eigenvalue weighted by atomic mass is 10.3. The summed E-state index contributed by atoms with van der Waals surface area (Å²) in [6.07, 6.45) is 0. The van der Waals surface area contributed by atoms with Crippen molar-refractivity contribution in [1.29, 1.82) is 0 Å². The van der Waals surface area contributed by atoms with E-state index in [1.165, 1.54) is 25.9 Å². The largest absolute Gasteiger partial charge is 0.497 e. The van der Waals surface area contributed by atoms with Gasteiger partial charge in [0.2, 0.25) is 5.88 Å². The zero-order valence-corrected chi connectivity index (χ0v) is 18.3. The molecule has 9 heteroatoms. The van der Waals surface area contributed by atoms with Crippen molar-refractivity contribution in [1.82, 2.24) is 9.13 Å². The molecule has 8 nitrogen and oxygen atoms in total. The maximum Gasteiger partial charge on any atom is 0.333 e. The van der Waals surface area contributed by atoms with Crippen LogP contribution >= 0.6 is 11.8 Å². The summed E-state index contributed by atoms with van der Waals surface area (Å²) in [5, 5.41) is 10.8. The van der Waals surface area contributed by atoms with Gasteiger partial charge >= 0.3 is 5.69 Å². The first-order valence-electron chi connectivity index (χ1n) is 9.45. The Balaban J connectivity index is 1.94. The van der Waals surface area contributed by atoms with E-state index in [1.807, 2.05) is 30.3 Å². The molecule has 0 unspecified atom stereocenters. The zero-order chi connectivity index (χ0) is 22.4. The molecule has 1 aromatic heterocycles. The van der Waals surface area contributed by atoms with Gasteiger partial charge in [-0.1, -0.05) is 18.2 Å². The van der Waals surface area contributed by atoms with Gasteiger partial charge in [0.15, 0.2) is 0 Å². The minimum Gasteiger partial charge on any atom is -0.497 e. The number of benzene rings is 2. The highest BCUT2D eigenvalue weighted by molar-refractivity contribution is 8.14. The summed E-state index contributed by atoms with van der Waals surface area (Å²) in [5.74, 6) is 1.44. The molecular formula is C22H23N3O5S. The van der Waals surface area contributed by atoms with Crippen LogP contribution in [0.5, 0.6) is 17.4 Å². The minimum absolute atomic E-state index is 0.0369. The highest BCUT2D eigenvalue weighted by Crippen LogP contribution is 2.24. The summed E-state index contributed by atoms with van der Waals surface area (Å²) in [5.41, 5.74) is -0.704. The Labute approximate surface area is 183 Å². The Hall–Kier alpha value is -3.46. The molecule has 0 aliphatic heterocycles. The number of aliphatic imine (C=N–C) groups is 1. The predicted molar refractivity (Wildman–Crippen MR) is 122 cm³/mol. The van der Waals surface area contributed by atoms with Gasteiger partial charge < -0.3 is 14.6 Å². The van der Waals surface area contributed by atoms with Crippen LogP contribution in [0.1, 0.15) is 5.56 Å². The molecule has 3 rings (SSSR count). The number of rotatable bonds is 7. The molecule has 1 heterocycles. The van der Waals surface area contributed by atoms with E-state index in [4.69, 9.17) is 9.47 Å². The van der Waals surface area contributed by atoms with Crippen LogP contribution in [0.3, 0.4) is 0 Å². The molecule has 162 valence electrons. The van der Waals surface area contributed by atoms with Crippen LogP contribution in [0.4, 0.5) is 5.69 Å². The van der Waals surface area contributed by atoms with Gasteiger partial charge in [-0.3, -0.25) is 13.9 Å². The average molecular weight is 442 g/mol. The SMILES string of the molecule is COc1ccc(N=C(SCCOc2ccccc2)c2c(O)n(C)c(=O)n(C)c2=O)cc1. The Morgan fingerprint density at radius 3 is 2.32 bits per heavy atom. The van der Waals surface area contributed by atoms with Crippen LogP contribution in [-0.2, 0) is 14.1 Å². The molecule has 0 saturated heterocycles. The summed E-state index contributed by atoms with van der Waals surface area (Å²) in [7, 11) is 4.33. The minimum atomic E-state index is -0.621. The van der Waals surface area contributed by atoms with Crippen molar-refractivity contribution >= 4 is 22.5 Å². The third-order valence-corrected chi connectivity index (χ3v) is 5.42. The van der Waals surface area contributed by atoms with E-state index < -0.39 is 17.1 Å². The standard InChI is InChI=1S/C22H23N3O5S/c1-24-20(26)18(21(27)25(2)22(24)28)19(23-15-9-11-16(29-3)12-10-15)31-14-13-30-17-7-5-4-6-8-17/h4-12,26H,13-14H2,1-3H3. The second-order valence-corrected chi connectivity index (χ2v) is 7.61. The van der Waals surface area contributed by atoms with Crippen molar-refractivity contribution in [3.05, 3.63) is 81.0 Å². The van der Waals surface area contributed by atoms with E-state index in [0.29, 0.717) is 23.8 Å². The predicted octanol–water partition coefficient (Wildman–Crippen LogP) is 2.69. The Bertz CT molecular complexity index is 1180. The van der Waals surface area contributed by atoms with Crippen molar-refractivity contribution in [3.8, 4) is 17.4 Å². The van der Waals surface area contributed by atoms with Crippen LogP contribution in [0.15, 0.2) is 69.2 Å². The third-order valence-electron chi connectivity index (χ3n) is 4.48. The van der Waals surface area contributed by atoms with Crippen LogP contribution in [-0.4, -0.2) is 38.8 Å². The second-order valence-electron chi connectivity index (χ2n) is 6.53. The summed E-state index contributed by atoms with van der Waals surface area (Å²) >= 11 is 1.26. The molecule has 31 heavy (non-hydrogen) atoms. The normalized spacial score (nSPS) is 11.4. The maximum absolute atomic E-state index is 12.8. The number of aromatic nitrogens is 2. The molecule has 3 aromatic rings. The van der Waals surface area contributed by atoms with E-state index in [1.54, 1.807) is 31.4 Å². The van der Waals surface area contributed by atoms with Crippen molar-refractivity contribution in [2.45, 2.75) is 0 Å². The van der Waals surface area contributed by atoms with Crippen molar-refractivity contribution in [2.24, 2.45) is 19.1 Å². The second kappa shape index (κ2) is 10.0. The van der Waals surface area contributed by atoms with Gasteiger partial charge in [-0.2, -0.15) is 0 Å². The molecule has 2 aromatic carbocycles. The number of para-hydroxylation sites is 1. The molecular weight excluding hydrogens is 418 g/mol. The fourth-order valence-corrected chi connectivity index (χ4v) is 3.62. The molecule has 0 amide bonds. The lowest BCUT2D eigenvalue weighted by Gasteiger charge is -2.13. The average Bonchev–Trinajstić information content (AvgIpc) is 2.80. The van der Waals surface area contributed by atoms with Crippen LogP contribution in [0.2, 0.25) is 0 Å². The first-order valence-corrected chi connectivity index (χ1v) is 10.4. The molecule has 0 aliphatic rings. The van der Waals surface area contributed by atoms with Crippen molar-refractivity contribution < 1.29 is 14.6 Å². The van der Waals surface area contributed by atoms with Gasteiger partial charge in [-0.15, -0.1) is 11.8 Å². The Morgan fingerprint density at radius 1 is 1.00 bits per heavy atom. The molecule has 0 radical (unpaired) electrons. The van der Waals surface area contributed by atoms with Gasteiger partial charge in [0, 0.05) is 19.8 Å². The van der Waals surface area contributed by atoms with Crippen molar-refractivity contribution in [3.63, 3.8) is 0 Å². The monoisotopic (exact) mass is 441 g/mol. The van der Waals surface area contributed by atoms with Gasteiger partial charge in [-0.05, 0) is 36.4 Å². The van der Waals surface area contributed by atoms with E-state index in [2.05, 4.69) is 4.99 Å². The van der Waals surface area contributed by atoms with E-state index in [9.17, 15) is 14.7 Å². The van der Waals surface area contributed by atoms with Crippen molar-refractivity contribution in [2.75, 3.05) is 19.5 Å². The highest BCUT2D eigenvalue weighted by atomic mass is 32.2. The summed E-state index contributed by atoms with van der Waals surface area (Å²) in [6, 6.07) is 16.3. The van der Waals surface area contributed by atoms with E-state index in [0.717, 1.165) is 14.9 Å². The van der Waals surface area contributed by atoms with Gasteiger partial charge in [0.25, 0.3) is 5.56 Å². The first kappa shape index (κ1) is 22.2. The Kier molecular flexibility index (Phi) is 7.19. The molecule has 0 atom stereocenters. The molecule has 0 spiro atoms. The number of nitrogens with zero attached hydrogens (tertiary/aromatic N) is 3. The fraction of sp³-hybridized carbons (Fsp3) is 0.227. The lowest BCUT2D eigenvalue weighted by molar-refractivity contribution is 0.344. The number of ether oxygens (including phenoxy) is 2. The number of thioether (sulfide) groups is 1. The summed E-state index contributed by atoms with van der Waals surface area (Å²) in [4.78, 5) is 29.5. The number of aromatic hydroxyl groups is 1. The number of methoxy groups -OCH3 is 1. The zero-order valence-electron chi connectivity index (χ0n) is 17.4. The van der Waals surface area contributed by atoms with E-state index >= 15 is 0 Å². The van der Waals surface area contributed by atoms with Crippen LogP contribution in [0, 0.1) is 0 Å². The topological polar surface area (TPSA) is 95.0 Å². The van der Waals surface area contributed by atoms with Gasteiger partial charge in [-0.25, -0.2) is 9.79 Å². The van der Waals surface area contributed by atoms with Crippen LogP contribution in [0.25, 0.3) is 0 Å². The smallest absolute Gasteiger partial charge is 0.333 e. The molecule has 1 N–H and O–H groups in total. The highest BCUT2D eigenvalue weighted by Gasteiger charge is 2.21. The quantitative estimate of drug-likeness (QED) is 0.344. The van der Waals surface area contributed by atoms with E-state index in [-0.39, 0.29) is 10.6 Å². The third kappa shape index (κ3) is 5.18. The molecule has 0 aliphatic carbocycles. The summed E-state index contributed by atoms with van der Waals surface area (Å²) < 4.78 is 12.8. The Morgan fingerprint density at radius 2 is 1.68 bits per heavy atom. The fourth-order valence-electron chi connectivity index (χ4n) is 2.77. The maximum atomic E-state index is 12.8. The van der Waals surface area contributed by atoms with Crippen LogP contribution < -0.4 is 20.7 Å². The number of hydrogen-bond acceptors (Lipinski definition) is 7. The van der Waals surface area contributed by atoms with Gasteiger partial charge in [0.05, 0.1) is 19.4 Å². The number of hydrogen-bond donors (Lipinski definition) is 1. The lowest BCUT2D eigenvalue weighted by Crippen LogP contribution is -2.39.